The highest BCUT2D eigenvalue weighted by Gasteiger charge is 2.05. The molecule has 3 heteroatoms. The van der Waals surface area contributed by atoms with E-state index in [2.05, 4.69) is 228 Å². The molecule has 0 spiro atoms. The molecule has 0 radical (unpaired) electrons. The topological polar surface area (TPSA) is 36.7 Å². The summed E-state index contributed by atoms with van der Waals surface area (Å²) >= 11 is 0. The molecule has 352 valence electrons. The normalized spacial score (nSPS) is 10.1. The molecule has 10 aromatic carbocycles. The van der Waals surface area contributed by atoms with Gasteiger partial charge in [-0.1, -0.05) is 247 Å². The van der Waals surface area contributed by atoms with E-state index in [9.17, 15) is 4.39 Å². The summed E-state index contributed by atoms with van der Waals surface area (Å²) in [5.74, 6) is -0.194. The van der Waals surface area contributed by atoms with Crippen LogP contribution in [0.5, 0.6) is 0 Å². The molecule has 11 rings (SSSR count). The van der Waals surface area contributed by atoms with Crippen molar-refractivity contribution in [2.75, 3.05) is 0 Å². The Bertz CT molecular complexity index is 3260. The number of halogens is 1. The summed E-state index contributed by atoms with van der Waals surface area (Å²) in [4.78, 5) is 4.08. The zero-order valence-corrected chi connectivity index (χ0v) is 41.7. The second-order valence-electron chi connectivity index (χ2n) is 17.6. The second kappa shape index (κ2) is 26.1. The number of fused-ring (bicyclic) bond motifs is 1. The molecule has 0 atom stereocenters. The summed E-state index contributed by atoms with van der Waals surface area (Å²) in [6, 6.07) is 87.9. The van der Waals surface area contributed by atoms with Gasteiger partial charge in [0.25, 0.3) is 0 Å². The van der Waals surface area contributed by atoms with Crippen molar-refractivity contribution in [3.05, 3.63) is 306 Å². The van der Waals surface area contributed by atoms with E-state index in [0.29, 0.717) is 5.56 Å². The molecule has 11 aromatic rings. The van der Waals surface area contributed by atoms with E-state index in [1.165, 1.54) is 89.7 Å². The first kappa shape index (κ1) is 50.9. The van der Waals surface area contributed by atoms with Gasteiger partial charge in [-0.25, -0.2) is 4.39 Å². The van der Waals surface area contributed by atoms with Crippen LogP contribution in [-0.4, -0.2) is 4.98 Å². The van der Waals surface area contributed by atoms with E-state index in [0.717, 1.165) is 16.7 Å². The Balaban J connectivity index is 0.000000133. The molecule has 2 nitrogen and oxygen atoms in total. The molecule has 0 aliphatic carbocycles. The summed E-state index contributed by atoms with van der Waals surface area (Å²) in [7, 11) is 0. The molecule has 0 bridgehead atoms. The molecule has 0 aliphatic heterocycles. The Labute approximate surface area is 426 Å². The van der Waals surface area contributed by atoms with Crippen LogP contribution in [0.4, 0.5) is 4.39 Å². The lowest BCUT2D eigenvalue weighted by Gasteiger charge is -2.09. The molecule has 0 saturated carbocycles. The van der Waals surface area contributed by atoms with E-state index in [1.807, 2.05) is 54.7 Å². The van der Waals surface area contributed by atoms with E-state index in [4.69, 9.17) is 5.26 Å². The van der Waals surface area contributed by atoms with Crippen molar-refractivity contribution in [2.24, 2.45) is 0 Å². The van der Waals surface area contributed by atoms with Crippen molar-refractivity contribution in [3.63, 3.8) is 0 Å². The lowest BCUT2D eigenvalue weighted by atomic mass is 9.96. The van der Waals surface area contributed by atoms with Crippen LogP contribution in [0.1, 0.15) is 33.4 Å². The van der Waals surface area contributed by atoms with Gasteiger partial charge in [-0.3, -0.25) is 4.98 Å². The maximum absolute atomic E-state index is 12.7. The van der Waals surface area contributed by atoms with Crippen LogP contribution in [0.25, 0.3) is 66.4 Å². The Morgan fingerprint density at radius 2 is 0.667 bits per heavy atom. The average molecular weight is 935 g/mol. The quantitative estimate of drug-likeness (QED) is 0.172. The number of aromatic nitrogens is 1. The number of hydrogen-bond acceptors (Lipinski definition) is 2. The summed E-state index contributed by atoms with van der Waals surface area (Å²) in [5.41, 5.74) is 19.2. The van der Waals surface area contributed by atoms with E-state index in [-0.39, 0.29) is 5.82 Å². The van der Waals surface area contributed by atoms with Gasteiger partial charge in [-0.15, -0.1) is 0 Å². The van der Waals surface area contributed by atoms with Crippen molar-refractivity contribution in [1.82, 2.24) is 4.98 Å². The Hall–Kier alpha value is -8.97. The number of pyridine rings is 1. The third-order valence-corrected chi connectivity index (χ3v) is 12.1. The second-order valence-corrected chi connectivity index (χ2v) is 17.6. The fourth-order valence-electron chi connectivity index (χ4n) is 7.85. The van der Waals surface area contributed by atoms with Crippen molar-refractivity contribution in [2.45, 2.75) is 34.6 Å². The summed E-state index contributed by atoms with van der Waals surface area (Å²) < 4.78 is 12.7. The summed E-state index contributed by atoms with van der Waals surface area (Å²) in [6.07, 6.45) is 3.67. The van der Waals surface area contributed by atoms with Gasteiger partial charge in [-0.05, 0) is 137 Å². The van der Waals surface area contributed by atoms with Gasteiger partial charge in [0.05, 0.1) is 11.6 Å². The molecule has 1 heterocycles. The first-order valence-corrected chi connectivity index (χ1v) is 24.2. The molecule has 0 fully saturated rings. The van der Waals surface area contributed by atoms with E-state index < -0.39 is 0 Å². The van der Waals surface area contributed by atoms with Crippen LogP contribution in [0, 0.1) is 51.8 Å². The SMILES string of the molecule is Cc1ccc(-c2ccc(C#N)cc2)cc1.Cc1ccc(-c2ccc(F)cc2)cc1.Cc1ccc(-c2ccccc2)c2ccccc12.Cc1ccc(-c2ccccc2)cc1.Cc1ccc(-c2cccnc2)cc1. The Morgan fingerprint density at radius 3 is 1.08 bits per heavy atom. The smallest absolute Gasteiger partial charge is 0.123 e. The van der Waals surface area contributed by atoms with Gasteiger partial charge in [0, 0.05) is 12.4 Å². The Morgan fingerprint density at radius 1 is 0.319 bits per heavy atom. The minimum Gasteiger partial charge on any atom is -0.264 e. The fraction of sp³-hybridized carbons (Fsp3) is 0.0725. The predicted octanol–water partition coefficient (Wildman–Crippen LogP) is 18.9. The molecule has 72 heavy (non-hydrogen) atoms. The van der Waals surface area contributed by atoms with Gasteiger partial charge in [-0.2, -0.15) is 5.26 Å². The van der Waals surface area contributed by atoms with E-state index >= 15 is 0 Å². The molecule has 0 N–H and O–H groups in total. The maximum Gasteiger partial charge on any atom is 0.123 e. The number of benzene rings is 10. The van der Waals surface area contributed by atoms with E-state index in [1.54, 1.807) is 18.3 Å². The summed E-state index contributed by atoms with van der Waals surface area (Å²) in [6.45, 7) is 10.5. The molecule has 0 aliphatic rings. The number of hydrogen-bond donors (Lipinski definition) is 0. The number of nitriles is 1. The average Bonchev–Trinajstić information content (AvgIpc) is 3.44. The van der Waals surface area contributed by atoms with Crippen LogP contribution in [0.15, 0.2) is 267 Å². The van der Waals surface area contributed by atoms with Gasteiger partial charge >= 0.3 is 0 Å². The number of aryl methyl sites for hydroxylation is 5. The molecule has 0 amide bonds. The standard InChI is InChI=1S/C17H14.C14H11N.C13H11F.C13H12.C12H11N/c1-13-11-12-16(14-7-3-2-4-8-14)17-10-6-5-9-15(13)17;1-11-2-6-13(7-3-11)14-8-4-12(10-15)5-9-14;1-10-2-4-11(5-3-10)12-6-8-13(14)9-7-12;1-11-7-9-13(10-8-11)12-5-3-2-4-6-12;1-10-4-6-11(7-5-10)12-3-2-8-13-9-12/h2-12H,1H3;2-9H,1H3;2-9H,1H3;2-10H,1H3;2-9H,1H3. The third kappa shape index (κ3) is 15.0. The monoisotopic (exact) mass is 934 g/mol. The first-order chi connectivity index (χ1) is 35.1. The molecule has 0 saturated heterocycles. The van der Waals surface area contributed by atoms with Gasteiger partial charge in [0.1, 0.15) is 5.82 Å². The van der Waals surface area contributed by atoms with Crippen molar-refractivity contribution < 1.29 is 4.39 Å². The van der Waals surface area contributed by atoms with Crippen molar-refractivity contribution in [3.8, 4) is 61.7 Å². The minimum absolute atomic E-state index is 0.194. The molecular weight excluding hydrogens is 876 g/mol. The molecule has 1 aromatic heterocycles. The van der Waals surface area contributed by atoms with Gasteiger partial charge in [0.2, 0.25) is 0 Å². The minimum atomic E-state index is -0.194. The van der Waals surface area contributed by atoms with Crippen LogP contribution in [0.2, 0.25) is 0 Å². The number of nitrogens with zero attached hydrogens (tertiary/aromatic N) is 2. The first-order valence-electron chi connectivity index (χ1n) is 24.2. The predicted molar refractivity (Wildman–Crippen MR) is 303 cm³/mol. The van der Waals surface area contributed by atoms with Crippen LogP contribution >= 0.6 is 0 Å². The highest BCUT2D eigenvalue weighted by molar-refractivity contribution is 5.98. The zero-order valence-electron chi connectivity index (χ0n) is 41.7. The van der Waals surface area contributed by atoms with Crippen LogP contribution in [0.3, 0.4) is 0 Å². The lowest BCUT2D eigenvalue weighted by Crippen LogP contribution is -1.83. The number of rotatable bonds is 5. The fourth-order valence-corrected chi connectivity index (χ4v) is 7.85. The van der Waals surface area contributed by atoms with Crippen molar-refractivity contribution >= 4 is 10.8 Å². The van der Waals surface area contributed by atoms with Crippen LogP contribution in [-0.2, 0) is 0 Å². The van der Waals surface area contributed by atoms with Crippen molar-refractivity contribution in [1.29, 1.82) is 5.26 Å². The Kier molecular flexibility index (Phi) is 18.5. The van der Waals surface area contributed by atoms with Gasteiger partial charge in [0.15, 0.2) is 0 Å². The summed E-state index contributed by atoms with van der Waals surface area (Å²) in [5, 5.41) is 11.4. The van der Waals surface area contributed by atoms with Gasteiger partial charge < -0.3 is 0 Å². The zero-order chi connectivity index (χ0) is 50.5. The highest BCUT2D eigenvalue weighted by atomic mass is 19.1. The third-order valence-electron chi connectivity index (χ3n) is 12.1. The van der Waals surface area contributed by atoms with Crippen LogP contribution < -0.4 is 0 Å². The maximum atomic E-state index is 12.7. The molecular formula is C69H59FN2. The molecule has 0 unspecified atom stereocenters. The lowest BCUT2D eigenvalue weighted by molar-refractivity contribution is 0.628. The largest absolute Gasteiger partial charge is 0.264 e. The highest BCUT2D eigenvalue weighted by Crippen LogP contribution is 2.30.